The van der Waals surface area contributed by atoms with Gasteiger partial charge in [-0.15, -0.1) is 0 Å². The van der Waals surface area contributed by atoms with Crippen LogP contribution in [0.2, 0.25) is 0 Å². The minimum absolute atomic E-state index is 0.140. The van der Waals surface area contributed by atoms with Crippen molar-refractivity contribution in [1.82, 2.24) is 35.1 Å². The summed E-state index contributed by atoms with van der Waals surface area (Å²) in [7, 11) is 0. The fourth-order valence-corrected chi connectivity index (χ4v) is 5.24. The molecule has 38 heavy (non-hydrogen) atoms. The third-order valence-electron chi connectivity index (χ3n) is 7.23. The molecule has 198 valence electrons. The molecule has 0 bridgehead atoms. The Morgan fingerprint density at radius 2 is 2.05 bits per heavy atom. The molecule has 1 atom stereocenters. The van der Waals surface area contributed by atoms with Crippen LogP contribution in [-0.4, -0.2) is 94.3 Å². The van der Waals surface area contributed by atoms with Gasteiger partial charge in [0.05, 0.1) is 31.1 Å². The fourth-order valence-electron chi connectivity index (χ4n) is 5.24. The molecule has 0 spiro atoms. The van der Waals surface area contributed by atoms with Crippen LogP contribution in [0.15, 0.2) is 43.0 Å². The van der Waals surface area contributed by atoms with Gasteiger partial charge in [0.25, 0.3) is 5.91 Å². The highest BCUT2D eigenvalue weighted by Crippen LogP contribution is 2.30. The van der Waals surface area contributed by atoms with Crippen LogP contribution in [0.5, 0.6) is 5.75 Å². The summed E-state index contributed by atoms with van der Waals surface area (Å²) in [6.45, 7) is 6.34. The Morgan fingerprint density at radius 3 is 2.97 bits per heavy atom. The highest BCUT2D eigenvalue weighted by molar-refractivity contribution is 5.97. The van der Waals surface area contributed by atoms with E-state index in [1.54, 1.807) is 18.7 Å². The van der Waals surface area contributed by atoms with Gasteiger partial charge in [-0.25, -0.2) is 19.9 Å². The number of amides is 1. The van der Waals surface area contributed by atoms with E-state index in [9.17, 15) is 4.79 Å². The van der Waals surface area contributed by atoms with Gasteiger partial charge in [-0.1, -0.05) is 12.1 Å². The molecule has 11 nitrogen and oxygen atoms in total. The summed E-state index contributed by atoms with van der Waals surface area (Å²) in [5, 5.41) is 3.91. The number of anilines is 1. The summed E-state index contributed by atoms with van der Waals surface area (Å²) in [6.07, 6.45) is 6.11. The molecule has 2 N–H and O–H groups in total. The van der Waals surface area contributed by atoms with Crippen molar-refractivity contribution in [2.24, 2.45) is 0 Å². The minimum Gasteiger partial charge on any atom is -0.491 e. The molecule has 2 aliphatic rings. The second-order valence-corrected chi connectivity index (χ2v) is 9.69. The first kappa shape index (κ1) is 24.5. The van der Waals surface area contributed by atoms with E-state index in [4.69, 9.17) is 9.47 Å². The maximum atomic E-state index is 13.0. The number of aromatic nitrogens is 5. The number of rotatable bonds is 9. The molecular formula is C27H32N8O3. The standard InChI is InChI=1S/C27H32N8O3/c36-27(28-8-4-9-34-11-13-37-14-12-34)22-15-23(20-6-1-2-7-21(20)33-22)38-16-19-5-3-10-35(19)26-24-25(30-17-29-24)31-18-32-26/h1-2,6-7,15,17-19H,3-5,8-14,16H2,(H,28,36)(H,29,30,31,32). The Balaban J connectivity index is 1.14. The maximum absolute atomic E-state index is 13.0. The molecule has 3 aromatic heterocycles. The van der Waals surface area contributed by atoms with Crippen molar-refractivity contribution in [3.63, 3.8) is 0 Å². The Kier molecular flexibility index (Phi) is 7.27. The zero-order valence-electron chi connectivity index (χ0n) is 21.3. The normalized spacial score (nSPS) is 18.3. The van der Waals surface area contributed by atoms with E-state index in [0.717, 1.165) is 80.9 Å². The first-order valence-corrected chi connectivity index (χ1v) is 13.3. The van der Waals surface area contributed by atoms with Crippen LogP contribution in [-0.2, 0) is 4.74 Å². The third-order valence-corrected chi connectivity index (χ3v) is 7.23. The Bertz CT molecular complexity index is 1400. The minimum atomic E-state index is -0.187. The van der Waals surface area contributed by atoms with E-state index in [-0.39, 0.29) is 11.9 Å². The first-order valence-electron chi connectivity index (χ1n) is 13.3. The van der Waals surface area contributed by atoms with E-state index in [1.165, 1.54) is 0 Å². The number of ether oxygens (including phenoxy) is 2. The Morgan fingerprint density at radius 1 is 1.16 bits per heavy atom. The summed E-state index contributed by atoms with van der Waals surface area (Å²) >= 11 is 0. The third kappa shape index (κ3) is 5.25. The van der Waals surface area contributed by atoms with Gasteiger partial charge in [0.15, 0.2) is 11.5 Å². The summed E-state index contributed by atoms with van der Waals surface area (Å²) in [5.74, 6) is 1.32. The lowest BCUT2D eigenvalue weighted by atomic mass is 10.1. The lowest BCUT2D eigenvalue weighted by molar-refractivity contribution is 0.0374. The topological polar surface area (TPSA) is 121 Å². The van der Waals surface area contributed by atoms with Gasteiger partial charge in [-0.05, 0) is 37.9 Å². The number of morpholine rings is 1. The van der Waals surface area contributed by atoms with Gasteiger partial charge in [-0.2, -0.15) is 0 Å². The van der Waals surface area contributed by atoms with E-state index in [2.05, 4.69) is 40.0 Å². The maximum Gasteiger partial charge on any atom is 0.270 e. The zero-order valence-corrected chi connectivity index (χ0v) is 21.3. The highest BCUT2D eigenvalue weighted by atomic mass is 16.5. The lowest BCUT2D eigenvalue weighted by Gasteiger charge is -2.26. The molecule has 0 saturated carbocycles. The van der Waals surface area contributed by atoms with Crippen LogP contribution in [0.25, 0.3) is 22.1 Å². The Labute approximate surface area is 220 Å². The number of hydrogen-bond acceptors (Lipinski definition) is 9. The predicted octanol–water partition coefficient (Wildman–Crippen LogP) is 2.40. The number of pyridine rings is 1. The SMILES string of the molecule is O=C(NCCCN1CCOCC1)c1cc(OCC2CCCN2c2ncnc3nc[nH]c23)c2ccccc2n1. The number of para-hydroxylation sites is 1. The van der Waals surface area contributed by atoms with Gasteiger partial charge >= 0.3 is 0 Å². The van der Waals surface area contributed by atoms with Crippen molar-refractivity contribution < 1.29 is 14.3 Å². The van der Waals surface area contributed by atoms with Crippen LogP contribution in [0.4, 0.5) is 5.82 Å². The van der Waals surface area contributed by atoms with Crippen molar-refractivity contribution >= 4 is 33.8 Å². The summed E-state index contributed by atoms with van der Waals surface area (Å²) in [6, 6.07) is 9.67. The van der Waals surface area contributed by atoms with E-state index < -0.39 is 0 Å². The number of carbonyl (C=O) groups excluding carboxylic acids is 1. The van der Waals surface area contributed by atoms with Gasteiger partial charge in [-0.3, -0.25) is 9.69 Å². The summed E-state index contributed by atoms with van der Waals surface area (Å²) in [5.41, 5.74) is 2.59. The van der Waals surface area contributed by atoms with Crippen LogP contribution in [0.3, 0.4) is 0 Å². The Hall–Kier alpha value is -3.83. The average molecular weight is 517 g/mol. The molecule has 0 aliphatic carbocycles. The number of carbonyl (C=O) groups is 1. The molecule has 4 aromatic rings. The van der Waals surface area contributed by atoms with E-state index >= 15 is 0 Å². The number of aromatic amines is 1. The van der Waals surface area contributed by atoms with Crippen LogP contribution >= 0.6 is 0 Å². The number of fused-ring (bicyclic) bond motifs is 2. The number of nitrogens with one attached hydrogen (secondary N) is 2. The molecule has 6 rings (SSSR count). The lowest BCUT2D eigenvalue weighted by Crippen LogP contribution is -2.38. The number of imidazole rings is 1. The molecule has 2 saturated heterocycles. The van der Waals surface area contributed by atoms with Crippen LogP contribution in [0.1, 0.15) is 29.8 Å². The second kappa shape index (κ2) is 11.3. The van der Waals surface area contributed by atoms with Gasteiger partial charge in [0.2, 0.25) is 0 Å². The number of hydrogen-bond donors (Lipinski definition) is 2. The molecule has 0 radical (unpaired) electrons. The quantitative estimate of drug-likeness (QED) is 0.323. The van der Waals surface area contributed by atoms with Gasteiger partial charge < -0.3 is 24.7 Å². The molecule has 2 aliphatic heterocycles. The molecule has 1 amide bonds. The molecule has 2 fully saturated rings. The van der Waals surface area contributed by atoms with Crippen molar-refractivity contribution in [2.45, 2.75) is 25.3 Å². The van der Waals surface area contributed by atoms with E-state index in [0.29, 0.717) is 30.2 Å². The average Bonchev–Trinajstić information content (AvgIpc) is 3.64. The summed E-state index contributed by atoms with van der Waals surface area (Å²) < 4.78 is 11.8. The largest absolute Gasteiger partial charge is 0.491 e. The molecule has 5 heterocycles. The van der Waals surface area contributed by atoms with E-state index in [1.807, 2.05) is 24.3 Å². The van der Waals surface area contributed by atoms with Crippen LogP contribution in [0, 0.1) is 0 Å². The predicted molar refractivity (Wildman–Crippen MR) is 143 cm³/mol. The van der Waals surface area contributed by atoms with Crippen molar-refractivity contribution in [3.05, 3.63) is 48.7 Å². The second-order valence-electron chi connectivity index (χ2n) is 9.69. The smallest absolute Gasteiger partial charge is 0.270 e. The highest BCUT2D eigenvalue weighted by Gasteiger charge is 2.28. The zero-order chi connectivity index (χ0) is 25.7. The molecule has 1 aromatic carbocycles. The molecule has 1 unspecified atom stereocenters. The fraction of sp³-hybridized carbons (Fsp3) is 0.444. The van der Waals surface area contributed by atoms with Crippen LogP contribution < -0.4 is 15.0 Å². The summed E-state index contributed by atoms with van der Waals surface area (Å²) in [4.78, 5) is 38.4. The number of H-pyrrole nitrogens is 1. The van der Waals surface area contributed by atoms with Crippen molar-refractivity contribution in [3.8, 4) is 5.75 Å². The van der Waals surface area contributed by atoms with Gasteiger partial charge in [0.1, 0.15) is 29.9 Å². The first-order chi connectivity index (χ1) is 18.8. The monoisotopic (exact) mass is 516 g/mol. The molecule has 11 heteroatoms. The van der Waals surface area contributed by atoms with Crippen molar-refractivity contribution in [1.29, 1.82) is 0 Å². The number of benzene rings is 1. The number of nitrogens with zero attached hydrogens (tertiary/aromatic N) is 6. The van der Waals surface area contributed by atoms with Crippen molar-refractivity contribution in [2.75, 3.05) is 57.4 Å². The molecular weight excluding hydrogens is 484 g/mol. The van der Waals surface area contributed by atoms with Gasteiger partial charge in [0, 0.05) is 37.6 Å².